The molecule has 0 saturated carbocycles. The van der Waals surface area contributed by atoms with Crippen LogP contribution in [0.1, 0.15) is 30.4 Å². The summed E-state index contributed by atoms with van der Waals surface area (Å²) in [5.41, 5.74) is 3.00. The maximum atomic E-state index is 11.9. The molecule has 0 unspecified atom stereocenters. The van der Waals surface area contributed by atoms with Crippen LogP contribution in [0.4, 0.5) is 10.5 Å². The number of rotatable bonds is 5. The molecule has 1 aliphatic rings. The van der Waals surface area contributed by atoms with Crippen LogP contribution < -0.4 is 10.6 Å². The molecule has 1 aromatic carbocycles. The topological polar surface area (TPSA) is 57.5 Å². The Morgan fingerprint density at radius 1 is 1.13 bits per heavy atom. The Hall–Kier alpha value is -2.27. The van der Waals surface area contributed by atoms with Gasteiger partial charge in [0.05, 0.1) is 12.5 Å². The third-order valence-electron chi connectivity index (χ3n) is 4.07. The van der Waals surface area contributed by atoms with E-state index in [2.05, 4.69) is 21.6 Å². The number of nitrogens with one attached hydrogen (secondary N) is 2. The van der Waals surface area contributed by atoms with Gasteiger partial charge in [0.25, 0.3) is 0 Å². The summed E-state index contributed by atoms with van der Waals surface area (Å²) in [6, 6.07) is 9.69. The molecule has 0 radical (unpaired) electrons. The number of hydrogen-bond acceptors (Lipinski definition) is 3. The minimum absolute atomic E-state index is 0.207. The highest BCUT2D eigenvalue weighted by Crippen LogP contribution is 2.16. The molecule has 2 aromatic rings. The quantitative estimate of drug-likeness (QED) is 0.887. The first-order valence-electron chi connectivity index (χ1n) is 8.17. The first-order valence-corrected chi connectivity index (χ1v) is 8.17. The normalized spacial score (nSPS) is 15.3. The van der Waals surface area contributed by atoms with E-state index in [1.807, 2.05) is 24.3 Å². The van der Waals surface area contributed by atoms with Gasteiger partial charge >= 0.3 is 6.03 Å². The van der Waals surface area contributed by atoms with Gasteiger partial charge in [-0.2, -0.15) is 0 Å². The molecule has 0 spiro atoms. The molecule has 1 saturated heterocycles. The molecule has 122 valence electrons. The fourth-order valence-electron chi connectivity index (χ4n) is 2.87. The minimum Gasteiger partial charge on any atom is -0.472 e. The highest BCUT2D eigenvalue weighted by Gasteiger charge is 2.11. The summed E-state index contributed by atoms with van der Waals surface area (Å²) in [5.74, 6) is 0. The Labute approximate surface area is 136 Å². The SMILES string of the molecule is O=C(NCc1ccoc1)Nc1cccc(CN2CCCCC2)c1. The van der Waals surface area contributed by atoms with E-state index in [0.29, 0.717) is 6.54 Å². The average Bonchev–Trinajstić information content (AvgIpc) is 3.08. The van der Waals surface area contributed by atoms with Crippen molar-refractivity contribution < 1.29 is 9.21 Å². The second kappa shape index (κ2) is 7.83. The molecule has 0 bridgehead atoms. The molecule has 1 aliphatic heterocycles. The van der Waals surface area contributed by atoms with Crippen molar-refractivity contribution in [1.82, 2.24) is 10.2 Å². The maximum Gasteiger partial charge on any atom is 0.319 e. The molecule has 0 atom stereocenters. The zero-order valence-electron chi connectivity index (χ0n) is 13.3. The van der Waals surface area contributed by atoms with Crippen molar-refractivity contribution in [2.75, 3.05) is 18.4 Å². The summed E-state index contributed by atoms with van der Waals surface area (Å²) >= 11 is 0. The predicted octanol–water partition coefficient (Wildman–Crippen LogP) is 3.59. The van der Waals surface area contributed by atoms with E-state index >= 15 is 0 Å². The van der Waals surface area contributed by atoms with E-state index in [1.54, 1.807) is 12.5 Å². The Morgan fingerprint density at radius 3 is 2.78 bits per heavy atom. The zero-order chi connectivity index (χ0) is 15.9. The number of urea groups is 1. The van der Waals surface area contributed by atoms with Gasteiger partial charge in [0.15, 0.2) is 0 Å². The summed E-state index contributed by atoms with van der Waals surface area (Å²) in [7, 11) is 0. The number of carbonyl (C=O) groups is 1. The Bertz CT molecular complexity index is 619. The van der Waals surface area contributed by atoms with Gasteiger partial charge in [-0.3, -0.25) is 4.90 Å². The summed E-state index contributed by atoms with van der Waals surface area (Å²) < 4.78 is 4.98. The molecule has 23 heavy (non-hydrogen) atoms. The van der Waals surface area contributed by atoms with Crippen molar-refractivity contribution in [3.05, 3.63) is 54.0 Å². The van der Waals surface area contributed by atoms with Crippen LogP contribution in [0.15, 0.2) is 47.3 Å². The molecule has 2 heterocycles. The molecule has 5 heteroatoms. The standard InChI is InChI=1S/C18H23N3O2/c22-18(19-12-16-7-10-23-14-16)20-17-6-4-5-15(11-17)13-21-8-2-1-3-9-21/h4-7,10-11,14H,1-3,8-9,12-13H2,(H2,19,20,22). The summed E-state index contributed by atoms with van der Waals surface area (Å²) in [4.78, 5) is 14.4. The second-order valence-corrected chi connectivity index (χ2v) is 5.98. The van der Waals surface area contributed by atoms with Gasteiger partial charge in [0, 0.05) is 24.3 Å². The first-order chi connectivity index (χ1) is 11.3. The fourth-order valence-corrected chi connectivity index (χ4v) is 2.87. The second-order valence-electron chi connectivity index (χ2n) is 5.98. The average molecular weight is 313 g/mol. The highest BCUT2D eigenvalue weighted by atomic mass is 16.3. The van der Waals surface area contributed by atoms with E-state index in [-0.39, 0.29) is 6.03 Å². The van der Waals surface area contributed by atoms with Gasteiger partial charge in [0.2, 0.25) is 0 Å². The van der Waals surface area contributed by atoms with E-state index in [9.17, 15) is 4.79 Å². The van der Waals surface area contributed by atoms with Crippen molar-refractivity contribution in [2.24, 2.45) is 0 Å². The third kappa shape index (κ3) is 4.86. The molecule has 0 aliphatic carbocycles. The highest BCUT2D eigenvalue weighted by molar-refractivity contribution is 5.89. The van der Waals surface area contributed by atoms with Crippen molar-refractivity contribution in [2.45, 2.75) is 32.4 Å². The van der Waals surface area contributed by atoms with Crippen molar-refractivity contribution >= 4 is 11.7 Å². The van der Waals surface area contributed by atoms with Gasteiger partial charge in [-0.15, -0.1) is 0 Å². The fraction of sp³-hybridized carbons (Fsp3) is 0.389. The number of piperidine rings is 1. The van der Waals surface area contributed by atoms with Crippen LogP contribution in [0.3, 0.4) is 0 Å². The summed E-state index contributed by atoms with van der Waals surface area (Å²) in [6.45, 7) is 3.74. The lowest BCUT2D eigenvalue weighted by Gasteiger charge is -2.26. The van der Waals surface area contributed by atoms with E-state index < -0.39 is 0 Å². The van der Waals surface area contributed by atoms with Crippen LogP contribution in [0, 0.1) is 0 Å². The van der Waals surface area contributed by atoms with Crippen molar-refractivity contribution in [3.8, 4) is 0 Å². The van der Waals surface area contributed by atoms with Gasteiger partial charge in [0.1, 0.15) is 0 Å². The summed E-state index contributed by atoms with van der Waals surface area (Å²) in [6.07, 6.45) is 7.14. The van der Waals surface area contributed by atoms with Gasteiger partial charge in [-0.1, -0.05) is 18.6 Å². The van der Waals surface area contributed by atoms with Crippen LogP contribution >= 0.6 is 0 Å². The number of benzene rings is 1. The number of amides is 2. The number of carbonyl (C=O) groups excluding carboxylic acids is 1. The Balaban J connectivity index is 1.51. The number of nitrogens with zero attached hydrogens (tertiary/aromatic N) is 1. The molecule has 1 aromatic heterocycles. The van der Waals surface area contributed by atoms with E-state index in [0.717, 1.165) is 17.8 Å². The molecule has 2 amide bonds. The third-order valence-corrected chi connectivity index (χ3v) is 4.07. The van der Waals surface area contributed by atoms with E-state index in [4.69, 9.17) is 4.42 Å². The van der Waals surface area contributed by atoms with Crippen LogP contribution in [0.2, 0.25) is 0 Å². The maximum absolute atomic E-state index is 11.9. The van der Waals surface area contributed by atoms with Crippen molar-refractivity contribution in [1.29, 1.82) is 0 Å². The first kappa shape index (κ1) is 15.6. The van der Waals surface area contributed by atoms with Crippen molar-refractivity contribution in [3.63, 3.8) is 0 Å². The van der Waals surface area contributed by atoms with E-state index in [1.165, 1.54) is 37.9 Å². The minimum atomic E-state index is -0.207. The molecular weight excluding hydrogens is 290 g/mol. The van der Waals surface area contributed by atoms with Crippen LogP contribution in [0.5, 0.6) is 0 Å². The lowest BCUT2D eigenvalue weighted by Crippen LogP contribution is -2.29. The zero-order valence-corrected chi connectivity index (χ0v) is 13.3. The lowest BCUT2D eigenvalue weighted by molar-refractivity contribution is 0.221. The summed E-state index contributed by atoms with van der Waals surface area (Å²) in [5, 5.41) is 5.70. The molecule has 3 rings (SSSR count). The number of furan rings is 1. The number of hydrogen-bond donors (Lipinski definition) is 2. The van der Waals surface area contributed by atoms with Crippen LogP contribution in [-0.2, 0) is 13.1 Å². The van der Waals surface area contributed by atoms with Gasteiger partial charge < -0.3 is 15.1 Å². The predicted molar refractivity (Wildman–Crippen MR) is 90.1 cm³/mol. The van der Waals surface area contributed by atoms with Crippen LogP contribution in [0.25, 0.3) is 0 Å². The molecule has 5 nitrogen and oxygen atoms in total. The molecule has 2 N–H and O–H groups in total. The number of likely N-dealkylation sites (tertiary alicyclic amines) is 1. The smallest absolute Gasteiger partial charge is 0.319 e. The molecular formula is C18H23N3O2. The Morgan fingerprint density at radius 2 is 2.00 bits per heavy atom. The largest absolute Gasteiger partial charge is 0.472 e. The monoisotopic (exact) mass is 313 g/mol. The molecule has 1 fully saturated rings. The van der Waals surface area contributed by atoms with Gasteiger partial charge in [-0.05, 0) is 49.7 Å². The van der Waals surface area contributed by atoms with Crippen LogP contribution in [-0.4, -0.2) is 24.0 Å². The number of anilines is 1. The lowest BCUT2D eigenvalue weighted by atomic mass is 10.1. The Kier molecular flexibility index (Phi) is 5.32. The van der Waals surface area contributed by atoms with Gasteiger partial charge in [-0.25, -0.2) is 4.79 Å².